The molecule has 1 rings (SSSR count). The van der Waals surface area contributed by atoms with Crippen LogP contribution >= 0.6 is 11.8 Å². The molecule has 0 bridgehead atoms. The summed E-state index contributed by atoms with van der Waals surface area (Å²) in [6, 6.07) is 8.32. The number of benzene rings is 1. The third-order valence-corrected chi connectivity index (χ3v) is 3.78. The first kappa shape index (κ1) is 16.6. The Morgan fingerprint density at radius 3 is 2.35 bits per heavy atom. The lowest BCUT2D eigenvalue weighted by Crippen LogP contribution is -2.36. The first-order chi connectivity index (χ1) is 9.33. The SMILES string of the molecule is COC(=O)C(NC(=O)CSC(C)(C)C)c1ccccc1. The Hall–Kier alpha value is -1.49. The molecule has 0 fully saturated rings. The van der Waals surface area contributed by atoms with E-state index in [-0.39, 0.29) is 10.7 Å². The van der Waals surface area contributed by atoms with Crippen molar-refractivity contribution in [3.63, 3.8) is 0 Å². The van der Waals surface area contributed by atoms with Crippen LogP contribution < -0.4 is 5.32 Å². The highest BCUT2D eigenvalue weighted by molar-refractivity contribution is 8.01. The van der Waals surface area contributed by atoms with E-state index in [0.717, 1.165) is 0 Å². The van der Waals surface area contributed by atoms with Crippen molar-refractivity contribution in [2.45, 2.75) is 31.6 Å². The van der Waals surface area contributed by atoms with Crippen LogP contribution in [-0.2, 0) is 14.3 Å². The minimum Gasteiger partial charge on any atom is -0.467 e. The highest BCUT2D eigenvalue weighted by atomic mass is 32.2. The van der Waals surface area contributed by atoms with Gasteiger partial charge >= 0.3 is 5.97 Å². The zero-order valence-electron chi connectivity index (χ0n) is 12.3. The predicted octanol–water partition coefficient (Wildman–Crippen LogP) is 2.55. The lowest BCUT2D eigenvalue weighted by Gasteiger charge is -2.20. The van der Waals surface area contributed by atoms with Gasteiger partial charge in [-0.05, 0) is 5.56 Å². The zero-order chi connectivity index (χ0) is 15.2. The Bertz CT molecular complexity index is 454. The molecule has 1 aromatic rings. The molecule has 1 amide bonds. The van der Waals surface area contributed by atoms with E-state index in [0.29, 0.717) is 11.3 Å². The van der Waals surface area contributed by atoms with Gasteiger partial charge in [0.2, 0.25) is 5.91 Å². The lowest BCUT2D eigenvalue weighted by molar-refractivity contribution is -0.145. The molecule has 4 nitrogen and oxygen atoms in total. The van der Waals surface area contributed by atoms with E-state index in [1.807, 2.05) is 39.0 Å². The number of rotatable bonds is 5. The Morgan fingerprint density at radius 2 is 1.85 bits per heavy atom. The molecule has 0 spiro atoms. The van der Waals surface area contributed by atoms with Gasteiger partial charge in [0.15, 0.2) is 6.04 Å². The van der Waals surface area contributed by atoms with E-state index in [1.165, 1.54) is 18.9 Å². The molecule has 0 aliphatic carbocycles. The van der Waals surface area contributed by atoms with Crippen LogP contribution in [0.2, 0.25) is 0 Å². The van der Waals surface area contributed by atoms with Gasteiger partial charge < -0.3 is 10.1 Å². The number of esters is 1. The number of hydrogen-bond donors (Lipinski definition) is 1. The predicted molar refractivity (Wildman–Crippen MR) is 81.6 cm³/mol. The second-order valence-corrected chi connectivity index (χ2v) is 7.14. The Balaban J connectivity index is 2.72. The smallest absolute Gasteiger partial charge is 0.333 e. The molecule has 0 heterocycles. The van der Waals surface area contributed by atoms with Crippen LogP contribution in [0.25, 0.3) is 0 Å². The van der Waals surface area contributed by atoms with Gasteiger partial charge in [0, 0.05) is 4.75 Å². The fourth-order valence-electron chi connectivity index (χ4n) is 1.53. The molecule has 0 saturated carbocycles. The van der Waals surface area contributed by atoms with Crippen molar-refractivity contribution in [3.05, 3.63) is 35.9 Å². The summed E-state index contributed by atoms with van der Waals surface area (Å²) in [5.74, 6) is -0.335. The monoisotopic (exact) mass is 295 g/mol. The van der Waals surface area contributed by atoms with E-state index < -0.39 is 12.0 Å². The molecule has 0 saturated heterocycles. The quantitative estimate of drug-likeness (QED) is 0.848. The minimum absolute atomic E-state index is 0.00481. The summed E-state index contributed by atoms with van der Waals surface area (Å²) in [7, 11) is 1.31. The van der Waals surface area contributed by atoms with E-state index in [2.05, 4.69) is 5.32 Å². The number of amides is 1. The van der Waals surface area contributed by atoms with E-state index in [9.17, 15) is 9.59 Å². The highest BCUT2D eigenvalue weighted by Crippen LogP contribution is 2.23. The molecule has 110 valence electrons. The molecule has 0 aliphatic rings. The number of thioether (sulfide) groups is 1. The maximum atomic E-state index is 12.0. The number of hydrogen-bond acceptors (Lipinski definition) is 4. The topological polar surface area (TPSA) is 55.4 Å². The first-order valence-electron chi connectivity index (χ1n) is 6.39. The van der Waals surface area contributed by atoms with Gasteiger partial charge in [-0.25, -0.2) is 4.79 Å². The van der Waals surface area contributed by atoms with Gasteiger partial charge in [0.1, 0.15) is 0 Å². The fraction of sp³-hybridized carbons (Fsp3) is 0.467. The van der Waals surface area contributed by atoms with Gasteiger partial charge in [-0.1, -0.05) is 51.1 Å². The number of nitrogens with one attached hydrogen (secondary N) is 1. The van der Waals surface area contributed by atoms with Crippen molar-refractivity contribution in [3.8, 4) is 0 Å². The normalized spacial score (nSPS) is 12.6. The lowest BCUT2D eigenvalue weighted by atomic mass is 10.1. The van der Waals surface area contributed by atoms with Crippen LogP contribution in [-0.4, -0.2) is 29.5 Å². The van der Waals surface area contributed by atoms with Crippen LogP contribution in [0.3, 0.4) is 0 Å². The summed E-state index contributed by atoms with van der Waals surface area (Å²) in [6.45, 7) is 6.12. The molecule has 1 atom stereocenters. The van der Waals surface area contributed by atoms with Crippen LogP contribution in [0.4, 0.5) is 0 Å². The summed E-state index contributed by atoms with van der Waals surface area (Å²) in [5, 5.41) is 2.72. The molecular weight excluding hydrogens is 274 g/mol. The second-order valence-electron chi connectivity index (χ2n) is 5.34. The summed E-state index contributed by atoms with van der Waals surface area (Å²) < 4.78 is 4.76. The average molecular weight is 295 g/mol. The molecule has 0 aromatic heterocycles. The molecule has 0 aliphatic heterocycles. The fourth-order valence-corrected chi connectivity index (χ4v) is 2.17. The van der Waals surface area contributed by atoms with Crippen LogP contribution in [0, 0.1) is 0 Å². The number of ether oxygens (including phenoxy) is 1. The van der Waals surface area contributed by atoms with E-state index in [4.69, 9.17) is 4.74 Å². The third kappa shape index (κ3) is 5.65. The molecule has 20 heavy (non-hydrogen) atoms. The van der Waals surface area contributed by atoms with Gasteiger partial charge in [0.25, 0.3) is 0 Å². The van der Waals surface area contributed by atoms with E-state index >= 15 is 0 Å². The maximum absolute atomic E-state index is 12.0. The van der Waals surface area contributed by atoms with Crippen molar-refractivity contribution in [1.29, 1.82) is 0 Å². The molecule has 1 N–H and O–H groups in total. The molecule has 1 unspecified atom stereocenters. The molecule has 0 radical (unpaired) electrons. The molecule has 1 aromatic carbocycles. The summed E-state index contributed by atoms with van der Waals surface area (Å²) in [6.07, 6.45) is 0. The maximum Gasteiger partial charge on any atom is 0.333 e. The summed E-state index contributed by atoms with van der Waals surface area (Å²) >= 11 is 1.53. The van der Waals surface area contributed by atoms with Gasteiger partial charge in [0.05, 0.1) is 12.9 Å². The van der Waals surface area contributed by atoms with Crippen LogP contribution in [0.15, 0.2) is 30.3 Å². The minimum atomic E-state index is -0.755. The number of carbonyl (C=O) groups excluding carboxylic acids is 2. The largest absolute Gasteiger partial charge is 0.467 e. The summed E-state index contributed by atoms with van der Waals surface area (Å²) in [5.41, 5.74) is 0.716. The Labute approximate surface area is 124 Å². The van der Waals surface area contributed by atoms with Crippen LogP contribution in [0.5, 0.6) is 0 Å². The Morgan fingerprint density at radius 1 is 1.25 bits per heavy atom. The summed E-state index contributed by atoms with van der Waals surface area (Å²) in [4.78, 5) is 23.8. The van der Waals surface area contributed by atoms with Crippen molar-refractivity contribution in [1.82, 2.24) is 5.32 Å². The van der Waals surface area contributed by atoms with Crippen LogP contribution in [0.1, 0.15) is 32.4 Å². The third-order valence-electron chi connectivity index (χ3n) is 2.51. The van der Waals surface area contributed by atoms with Crippen molar-refractivity contribution >= 4 is 23.6 Å². The van der Waals surface area contributed by atoms with Gasteiger partial charge in [-0.2, -0.15) is 0 Å². The number of methoxy groups -OCH3 is 1. The standard InChI is InChI=1S/C15H21NO3S/c1-15(2,3)20-10-12(17)16-13(14(18)19-4)11-8-6-5-7-9-11/h5-9,13H,10H2,1-4H3,(H,16,17). The average Bonchev–Trinajstić information content (AvgIpc) is 2.42. The first-order valence-corrected chi connectivity index (χ1v) is 7.38. The number of carbonyl (C=O) groups is 2. The van der Waals surface area contributed by atoms with Gasteiger partial charge in [-0.3, -0.25) is 4.79 Å². The van der Waals surface area contributed by atoms with Crippen molar-refractivity contribution in [2.75, 3.05) is 12.9 Å². The van der Waals surface area contributed by atoms with Gasteiger partial charge in [-0.15, -0.1) is 11.8 Å². The Kier molecular flexibility index (Phi) is 6.07. The highest BCUT2D eigenvalue weighted by Gasteiger charge is 2.24. The molecule has 5 heteroatoms. The molecular formula is C15H21NO3S. The van der Waals surface area contributed by atoms with Crippen molar-refractivity contribution < 1.29 is 14.3 Å². The van der Waals surface area contributed by atoms with E-state index in [1.54, 1.807) is 12.1 Å². The second kappa shape index (κ2) is 7.33. The zero-order valence-corrected chi connectivity index (χ0v) is 13.1. The van der Waals surface area contributed by atoms with Crippen molar-refractivity contribution in [2.24, 2.45) is 0 Å².